The Morgan fingerprint density at radius 3 is 2.79 bits per heavy atom. The average Bonchev–Trinajstić information content (AvgIpc) is 2.18. The summed E-state index contributed by atoms with van der Waals surface area (Å²) in [7, 11) is 0. The van der Waals surface area contributed by atoms with Gasteiger partial charge in [-0.1, -0.05) is 13.8 Å². The van der Waals surface area contributed by atoms with Gasteiger partial charge in [0.05, 0.1) is 0 Å². The molecule has 0 fully saturated rings. The molecule has 0 aliphatic heterocycles. The summed E-state index contributed by atoms with van der Waals surface area (Å²) in [5.74, 6) is 0.147. The zero-order valence-corrected chi connectivity index (χ0v) is 8.11. The first-order valence-corrected chi connectivity index (χ1v) is 4.21. The first-order chi connectivity index (χ1) is 6.65. The van der Waals surface area contributed by atoms with Gasteiger partial charge in [0.25, 0.3) is 0 Å². The lowest BCUT2D eigenvalue weighted by molar-refractivity contribution is 0.557. The van der Waals surface area contributed by atoms with Crippen molar-refractivity contribution in [2.24, 2.45) is 0 Å². The van der Waals surface area contributed by atoms with Crippen LogP contribution in [0.1, 0.15) is 31.2 Å². The fraction of sp³-hybridized carbons (Fsp3) is 0.333. The Kier molecular flexibility index (Phi) is 3.28. The Labute approximate surface area is 82.2 Å². The molecular formula is C9H12N4O. The molecule has 5 heteroatoms. The number of ether oxygens (including phenoxy) is 1. The molecule has 1 rings (SSSR count). The quantitative estimate of drug-likeness (QED) is 0.563. The van der Waals surface area contributed by atoms with Crippen molar-refractivity contribution in [1.29, 1.82) is 10.8 Å². The largest absolute Gasteiger partial charge is 0.426 e. The van der Waals surface area contributed by atoms with E-state index in [4.69, 9.17) is 10.8 Å². The Balaban J connectivity index is 2.93. The number of hydrogen-bond donors (Lipinski definition) is 2. The summed E-state index contributed by atoms with van der Waals surface area (Å²) in [6.45, 7) is 4.01. The van der Waals surface area contributed by atoms with Crippen LogP contribution in [-0.4, -0.2) is 22.3 Å². The molecule has 74 valence electrons. The minimum Gasteiger partial charge on any atom is -0.426 e. The van der Waals surface area contributed by atoms with Crippen LogP contribution in [0.15, 0.2) is 12.4 Å². The highest BCUT2D eigenvalue weighted by Gasteiger charge is 2.07. The lowest BCUT2D eigenvalue weighted by Crippen LogP contribution is -2.07. The molecule has 14 heavy (non-hydrogen) atoms. The minimum absolute atomic E-state index is 0.135. The van der Waals surface area contributed by atoms with Crippen LogP contribution in [0, 0.1) is 10.8 Å². The van der Waals surface area contributed by atoms with Crippen LogP contribution < -0.4 is 0 Å². The predicted octanol–water partition coefficient (Wildman–Crippen LogP) is 1.55. The molecular weight excluding hydrogens is 180 g/mol. The van der Waals surface area contributed by atoms with Crippen molar-refractivity contribution in [3.63, 3.8) is 0 Å². The topological polar surface area (TPSA) is 82.7 Å². The molecule has 2 N–H and O–H groups in total. The normalized spacial score (nSPS) is 9.93. The molecule has 1 aromatic heterocycles. The van der Waals surface area contributed by atoms with Crippen molar-refractivity contribution < 1.29 is 4.74 Å². The van der Waals surface area contributed by atoms with Gasteiger partial charge in [0.15, 0.2) is 6.40 Å². The van der Waals surface area contributed by atoms with Gasteiger partial charge in [-0.25, -0.2) is 9.97 Å². The Morgan fingerprint density at radius 2 is 2.21 bits per heavy atom. The first kappa shape index (κ1) is 10.3. The Bertz CT molecular complexity index is 348. The summed E-state index contributed by atoms with van der Waals surface area (Å²) in [6, 6.07) is 1.69. The fourth-order valence-electron chi connectivity index (χ4n) is 0.932. The zero-order chi connectivity index (χ0) is 10.6. The van der Waals surface area contributed by atoms with Gasteiger partial charge in [-0.2, -0.15) is 0 Å². The smallest absolute Gasteiger partial charge is 0.239 e. The summed E-state index contributed by atoms with van der Waals surface area (Å²) >= 11 is 0. The van der Waals surface area contributed by atoms with E-state index < -0.39 is 0 Å². The van der Waals surface area contributed by atoms with Crippen molar-refractivity contribution in [1.82, 2.24) is 9.97 Å². The number of nitrogens with one attached hydrogen (secondary N) is 2. The fourth-order valence-corrected chi connectivity index (χ4v) is 0.932. The second-order valence-electron chi connectivity index (χ2n) is 3.05. The van der Waals surface area contributed by atoms with Gasteiger partial charge in [-0.3, -0.25) is 10.8 Å². The van der Waals surface area contributed by atoms with E-state index in [2.05, 4.69) is 14.7 Å². The van der Waals surface area contributed by atoms with Crippen LogP contribution in [0.4, 0.5) is 0 Å². The summed E-state index contributed by atoms with van der Waals surface area (Å²) in [5, 5.41) is 14.1. The Morgan fingerprint density at radius 1 is 1.50 bits per heavy atom. The van der Waals surface area contributed by atoms with Crippen LogP contribution in [0.2, 0.25) is 0 Å². The Hall–Kier alpha value is -1.78. The van der Waals surface area contributed by atoms with E-state index in [1.165, 1.54) is 6.33 Å². The third-order valence-corrected chi connectivity index (χ3v) is 1.69. The van der Waals surface area contributed by atoms with Gasteiger partial charge < -0.3 is 4.74 Å². The van der Waals surface area contributed by atoms with Gasteiger partial charge in [0.2, 0.25) is 5.90 Å². The standard InChI is InChI=1S/C9H12N4O/c1-6(2)7-3-8(13-5-12-7)9(11)14-4-10/h3-6,10-11H,1-2H3. The molecule has 0 spiro atoms. The van der Waals surface area contributed by atoms with E-state index in [9.17, 15) is 0 Å². The molecule has 0 unspecified atom stereocenters. The number of aromatic nitrogens is 2. The molecule has 1 heterocycles. The molecule has 0 aliphatic carbocycles. The van der Waals surface area contributed by atoms with E-state index in [-0.39, 0.29) is 11.8 Å². The highest BCUT2D eigenvalue weighted by molar-refractivity contribution is 5.93. The molecule has 0 bridgehead atoms. The molecule has 0 amide bonds. The zero-order valence-electron chi connectivity index (χ0n) is 8.11. The van der Waals surface area contributed by atoms with Crippen molar-refractivity contribution in [2.45, 2.75) is 19.8 Å². The van der Waals surface area contributed by atoms with Crippen molar-refractivity contribution in [2.75, 3.05) is 0 Å². The van der Waals surface area contributed by atoms with E-state index in [1.54, 1.807) is 6.07 Å². The minimum atomic E-state index is -0.135. The van der Waals surface area contributed by atoms with Gasteiger partial charge in [-0.05, 0) is 12.0 Å². The molecule has 1 aromatic rings. The second kappa shape index (κ2) is 4.45. The van der Waals surface area contributed by atoms with Crippen LogP contribution >= 0.6 is 0 Å². The predicted molar refractivity (Wildman–Crippen MR) is 52.8 cm³/mol. The van der Waals surface area contributed by atoms with Gasteiger partial charge in [-0.15, -0.1) is 0 Å². The first-order valence-electron chi connectivity index (χ1n) is 4.21. The molecule has 0 saturated heterocycles. The molecule has 0 aliphatic rings. The number of hydrogen-bond acceptors (Lipinski definition) is 5. The maximum Gasteiger partial charge on any atom is 0.239 e. The van der Waals surface area contributed by atoms with Gasteiger partial charge >= 0.3 is 0 Å². The molecule has 0 saturated carbocycles. The van der Waals surface area contributed by atoms with Crippen molar-refractivity contribution in [3.05, 3.63) is 23.8 Å². The maximum absolute atomic E-state index is 7.40. The molecule has 5 nitrogen and oxygen atoms in total. The third-order valence-electron chi connectivity index (χ3n) is 1.69. The summed E-state index contributed by atoms with van der Waals surface area (Å²) in [5.41, 5.74) is 1.25. The van der Waals surface area contributed by atoms with Crippen LogP contribution in [-0.2, 0) is 4.74 Å². The second-order valence-corrected chi connectivity index (χ2v) is 3.05. The van der Waals surface area contributed by atoms with Gasteiger partial charge in [0, 0.05) is 5.69 Å². The van der Waals surface area contributed by atoms with Gasteiger partial charge in [0.1, 0.15) is 12.0 Å². The van der Waals surface area contributed by atoms with E-state index in [0.29, 0.717) is 12.1 Å². The van der Waals surface area contributed by atoms with Crippen LogP contribution in [0.25, 0.3) is 0 Å². The number of nitrogens with zero attached hydrogens (tertiary/aromatic N) is 2. The van der Waals surface area contributed by atoms with Crippen molar-refractivity contribution in [3.8, 4) is 0 Å². The van der Waals surface area contributed by atoms with Crippen molar-refractivity contribution >= 4 is 12.3 Å². The van der Waals surface area contributed by atoms with Crippen LogP contribution in [0.3, 0.4) is 0 Å². The lowest BCUT2D eigenvalue weighted by atomic mass is 10.1. The molecule has 0 atom stereocenters. The highest BCUT2D eigenvalue weighted by Crippen LogP contribution is 2.11. The summed E-state index contributed by atoms with van der Waals surface area (Å²) in [4.78, 5) is 7.94. The lowest BCUT2D eigenvalue weighted by Gasteiger charge is -2.05. The highest BCUT2D eigenvalue weighted by atomic mass is 16.5. The third kappa shape index (κ3) is 2.35. The van der Waals surface area contributed by atoms with E-state index >= 15 is 0 Å². The van der Waals surface area contributed by atoms with E-state index in [1.807, 2.05) is 13.8 Å². The van der Waals surface area contributed by atoms with E-state index in [0.717, 1.165) is 5.69 Å². The summed E-state index contributed by atoms with van der Waals surface area (Å²) < 4.78 is 4.60. The molecule has 0 radical (unpaired) electrons. The molecule has 0 aromatic carbocycles. The maximum atomic E-state index is 7.40. The number of rotatable bonds is 3. The monoisotopic (exact) mass is 192 g/mol. The summed E-state index contributed by atoms with van der Waals surface area (Å²) in [6.07, 6.45) is 2.10. The van der Waals surface area contributed by atoms with Crippen LogP contribution in [0.5, 0.6) is 0 Å². The SMILES string of the molecule is CC(C)c1cc(C(=N)OC=N)ncn1. The average molecular weight is 192 g/mol.